The molecule has 1 unspecified atom stereocenters. The second-order valence-electron chi connectivity index (χ2n) is 3.83. The van der Waals surface area contributed by atoms with Crippen molar-refractivity contribution >= 4 is 11.8 Å². The average Bonchev–Trinajstić information content (AvgIpc) is 2.37. The van der Waals surface area contributed by atoms with E-state index in [2.05, 4.69) is 18.8 Å². The second-order valence-corrected chi connectivity index (χ2v) is 3.83. The molecule has 0 fully saturated rings. The molecule has 4 heteroatoms. The molecular weight excluding hydrogens is 228 g/mol. The lowest BCUT2D eigenvalue weighted by molar-refractivity contribution is -0.130. The monoisotopic (exact) mass is 258 g/mol. The molecule has 0 saturated heterocycles. The Labute approximate surface area is 112 Å². The van der Waals surface area contributed by atoms with Crippen molar-refractivity contribution < 1.29 is 9.59 Å². The van der Waals surface area contributed by atoms with Gasteiger partial charge in [-0.3, -0.25) is 9.59 Å². The summed E-state index contributed by atoms with van der Waals surface area (Å²) < 4.78 is 0. The van der Waals surface area contributed by atoms with Crippen molar-refractivity contribution in [2.75, 3.05) is 7.05 Å². The molecule has 4 nitrogen and oxygen atoms in total. The number of hydrogen-bond donors (Lipinski definition) is 2. The molecule has 0 aliphatic rings. The summed E-state index contributed by atoms with van der Waals surface area (Å²) in [6.07, 6.45) is 3.08. The molecule has 3 N–H and O–H groups in total. The Morgan fingerprint density at radius 2 is 1.72 bits per heavy atom. The van der Waals surface area contributed by atoms with Crippen molar-refractivity contribution in [2.45, 2.75) is 47.5 Å². The fourth-order valence-electron chi connectivity index (χ4n) is 1.03. The SMILES string of the molecule is C=CCC.CC.CNC(=O)C(CC(N)=O)C(C)C. The van der Waals surface area contributed by atoms with Crippen LogP contribution in [0.5, 0.6) is 0 Å². The molecule has 0 aliphatic heterocycles. The van der Waals surface area contributed by atoms with Crippen molar-refractivity contribution in [3.63, 3.8) is 0 Å². The molecule has 108 valence electrons. The first-order valence-corrected chi connectivity index (χ1v) is 6.51. The van der Waals surface area contributed by atoms with E-state index in [9.17, 15) is 9.59 Å². The Balaban J connectivity index is -0.000000317. The molecule has 2 amide bonds. The summed E-state index contributed by atoms with van der Waals surface area (Å²) in [7, 11) is 1.55. The smallest absolute Gasteiger partial charge is 0.223 e. The maximum absolute atomic E-state index is 11.2. The number of hydrogen-bond acceptors (Lipinski definition) is 2. The summed E-state index contributed by atoms with van der Waals surface area (Å²) in [5.41, 5.74) is 5.00. The summed E-state index contributed by atoms with van der Waals surface area (Å²) >= 11 is 0. The quantitative estimate of drug-likeness (QED) is 0.744. The van der Waals surface area contributed by atoms with Gasteiger partial charge in [0.05, 0.1) is 0 Å². The van der Waals surface area contributed by atoms with Crippen LogP contribution in [-0.2, 0) is 9.59 Å². The minimum Gasteiger partial charge on any atom is -0.370 e. The van der Waals surface area contributed by atoms with Gasteiger partial charge in [-0.15, -0.1) is 6.58 Å². The second kappa shape index (κ2) is 15.7. The van der Waals surface area contributed by atoms with E-state index in [1.165, 1.54) is 0 Å². The summed E-state index contributed by atoms with van der Waals surface area (Å²) in [5.74, 6) is -0.717. The Bertz CT molecular complexity index is 226. The molecule has 0 rings (SSSR count). The number of nitrogens with two attached hydrogens (primary N) is 1. The third-order valence-corrected chi connectivity index (χ3v) is 2.10. The predicted octanol–water partition coefficient (Wildman–Crippen LogP) is 2.49. The van der Waals surface area contributed by atoms with Crippen molar-refractivity contribution in [3.05, 3.63) is 12.7 Å². The summed E-state index contributed by atoms with van der Waals surface area (Å²) in [6, 6.07) is 0. The van der Waals surface area contributed by atoms with Gasteiger partial charge in [-0.1, -0.05) is 40.7 Å². The van der Waals surface area contributed by atoms with E-state index in [1.54, 1.807) is 7.05 Å². The first kappa shape index (κ1) is 21.9. The summed E-state index contributed by atoms with van der Waals surface area (Å²) in [6.45, 7) is 13.3. The molecule has 0 aromatic heterocycles. The van der Waals surface area contributed by atoms with Gasteiger partial charge in [0.25, 0.3) is 0 Å². The Morgan fingerprint density at radius 1 is 1.33 bits per heavy atom. The van der Waals surface area contributed by atoms with Crippen LogP contribution in [0.25, 0.3) is 0 Å². The van der Waals surface area contributed by atoms with Gasteiger partial charge in [0.1, 0.15) is 0 Å². The van der Waals surface area contributed by atoms with Crippen LogP contribution in [-0.4, -0.2) is 18.9 Å². The fraction of sp³-hybridized carbons (Fsp3) is 0.714. The normalized spacial score (nSPS) is 10.2. The summed E-state index contributed by atoms with van der Waals surface area (Å²) in [4.78, 5) is 21.7. The molecule has 0 radical (unpaired) electrons. The third-order valence-electron chi connectivity index (χ3n) is 2.10. The Kier molecular flexibility index (Phi) is 19.1. The van der Waals surface area contributed by atoms with Gasteiger partial charge in [-0.25, -0.2) is 0 Å². The molecule has 0 bridgehead atoms. The number of amides is 2. The molecule has 0 saturated carbocycles. The maximum atomic E-state index is 11.2. The first-order valence-electron chi connectivity index (χ1n) is 6.51. The number of nitrogens with one attached hydrogen (secondary N) is 1. The van der Waals surface area contributed by atoms with Crippen LogP contribution in [0.15, 0.2) is 12.7 Å². The molecule has 0 aromatic rings. The summed E-state index contributed by atoms with van der Waals surface area (Å²) in [5, 5.41) is 2.51. The Hall–Kier alpha value is -1.32. The van der Waals surface area contributed by atoms with Crippen LogP contribution in [0.1, 0.15) is 47.5 Å². The lowest BCUT2D eigenvalue weighted by Gasteiger charge is -2.16. The fourth-order valence-corrected chi connectivity index (χ4v) is 1.03. The van der Waals surface area contributed by atoms with E-state index in [-0.39, 0.29) is 24.2 Å². The van der Waals surface area contributed by atoms with Gasteiger partial charge >= 0.3 is 0 Å². The van der Waals surface area contributed by atoms with Gasteiger partial charge < -0.3 is 11.1 Å². The van der Waals surface area contributed by atoms with Crippen LogP contribution < -0.4 is 11.1 Å². The lowest BCUT2D eigenvalue weighted by atomic mass is 9.91. The molecule has 0 spiro atoms. The van der Waals surface area contributed by atoms with Crippen molar-refractivity contribution in [2.24, 2.45) is 17.6 Å². The number of primary amides is 1. The van der Waals surface area contributed by atoms with Crippen LogP contribution in [0.3, 0.4) is 0 Å². The maximum Gasteiger partial charge on any atom is 0.223 e. The average molecular weight is 258 g/mol. The van der Waals surface area contributed by atoms with Gasteiger partial charge in [-0.2, -0.15) is 0 Å². The van der Waals surface area contributed by atoms with Gasteiger partial charge in [-0.05, 0) is 12.3 Å². The molecule has 1 atom stereocenters. The highest BCUT2D eigenvalue weighted by atomic mass is 16.2. The zero-order valence-corrected chi connectivity index (χ0v) is 12.7. The number of rotatable bonds is 5. The van der Waals surface area contributed by atoms with Crippen LogP contribution in [0, 0.1) is 11.8 Å². The molecule has 0 aliphatic carbocycles. The lowest BCUT2D eigenvalue weighted by Crippen LogP contribution is -2.34. The zero-order chi connectivity index (χ0) is 15.1. The van der Waals surface area contributed by atoms with Gasteiger partial charge in [0.2, 0.25) is 11.8 Å². The zero-order valence-electron chi connectivity index (χ0n) is 12.7. The van der Waals surface area contributed by atoms with Crippen molar-refractivity contribution in [1.29, 1.82) is 0 Å². The third kappa shape index (κ3) is 14.7. The highest BCUT2D eigenvalue weighted by Gasteiger charge is 2.22. The number of carbonyl (C=O) groups excluding carboxylic acids is 2. The highest BCUT2D eigenvalue weighted by molar-refractivity contribution is 5.85. The molecule has 0 aromatic carbocycles. The van der Waals surface area contributed by atoms with Crippen LogP contribution >= 0.6 is 0 Å². The van der Waals surface area contributed by atoms with E-state index in [0.29, 0.717) is 0 Å². The van der Waals surface area contributed by atoms with Crippen molar-refractivity contribution in [3.8, 4) is 0 Å². The number of carbonyl (C=O) groups is 2. The Morgan fingerprint density at radius 3 is 1.89 bits per heavy atom. The highest BCUT2D eigenvalue weighted by Crippen LogP contribution is 2.14. The van der Waals surface area contributed by atoms with Crippen molar-refractivity contribution in [1.82, 2.24) is 5.32 Å². The van der Waals surface area contributed by atoms with E-state index < -0.39 is 5.91 Å². The first-order chi connectivity index (χ1) is 8.40. The minimum atomic E-state index is -0.433. The molecule has 18 heavy (non-hydrogen) atoms. The largest absolute Gasteiger partial charge is 0.370 e. The van der Waals surface area contributed by atoms with Crippen LogP contribution in [0.4, 0.5) is 0 Å². The standard InChI is InChI=1S/C8H16N2O2.C4H8.C2H6/c1-5(2)6(4-7(9)11)8(12)10-3;1-3-4-2;1-2/h5-6H,4H2,1-3H3,(H2,9,11)(H,10,12);3H,1,4H2,2H3;1-2H3. The molecule has 0 heterocycles. The molecular formula is C14H30N2O2. The van der Waals surface area contributed by atoms with E-state index >= 15 is 0 Å². The van der Waals surface area contributed by atoms with E-state index in [1.807, 2.05) is 33.8 Å². The van der Waals surface area contributed by atoms with Gasteiger partial charge in [0, 0.05) is 19.4 Å². The van der Waals surface area contributed by atoms with Crippen LogP contribution in [0.2, 0.25) is 0 Å². The van der Waals surface area contributed by atoms with Gasteiger partial charge in [0.15, 0.2) is 0 Å². The van der Waals surface area contributed by atoms with E-state index in [0.717, 1.165) is 6.42 Å². The minimum absolute atomic E-state index is 0.121. The van der Waals surface area contributed by atoms with E-state index in [4.69, 9.17) is 5.73 Å². The number of allylic oxidation sites excluding steroid dienone is 1. The topological polar surface area (TPSA) is 72.2 Å². The predicted molar refractivity (Wildman–Crippen MR) is 78.0 cm³/mol.